The number of nitrogens with zero attached hydrogens (tertiary/aromatic N) is 4. The highest BCUT2D eigenvalue weighted by Crippen LogP contribution is 2.24. The lowest BCUT2D eigenvalue weighted by Crippen LogP contribution is -2.21. The van der Waals surface area contributed by atoms with Crippen LogP contribution in [0, 0.1) is 0 Å². The molecule has 5 nitrogen and oxygen atoms in total. The van der Waals surface area contributed by atoms with Crippen LogP contribution in [0.2, 0.25) is 0 Å². The highest BCUT2D eigenvalue weighted by atomic mass is 16.4. The van der Waals surface area contributed by atoms with Crippen LogP contribution in [0.3, 0.4) is 0 Å². The Morgan fingerprint density at radius 3 is 2.95 bits per heavy atom. The van der Waals surface area contributed by atoms with Crippen molar-refractivity contribution >= 4 is 16.7 Å². The van der Waals surface area contributed by atoms with E-state index in [9.17, 15) is 5.21 Å². The monoisotopic (exact) mass is 256 g/mol. The fraction of sp³-hybridized carbons (Fsp3) is 0.357. The Labute approximate surface area is 111 Å². The Morgan fingerprint density at radius 2 is 2.05 bits per heavy atom. The van der Waals surface area contributed by atoms with Crippen molar-refractivity contribution in [2.24, 2.45) is 5.16 Å². The molecule has 0 spiro atoms. The molecule has 98 valence electrons. The van der Waals surface area contributed by atoms with Crippen LogP contribution >= 0.6 is 0 Å². The number of hydrogen-bond donors (Lipinski definition) is 1. The lowest BCUT2D eigenvalue weighted by atomic mass is 9.98. The standard InChI is InChI=1S/C14H16N4O/c19-16-12-8-3-1-2-4-9-14(12)18-13-10-6-5-7-11(13)15-17-18/h1-2,5-7,10,14,19H,3-4,8-9H2/b2-1?,16-12+/t14-/m0/s1. The van der Waals surface area contributed by atoms with Crippen molar-refractivity contribution in [2.75, 3.05) is 0 Å². The molecule has 0 saturated carbocycles. The fourth-order valence-corrected chi connectivity index (χ4v) is 2.55. The SMILES string of the molecule is O/N=C1\CCC=CCC[C@@H]1n1nnc2ccccc21. The first-order chi connectivity index (χ1) is 9.40. The van der Waals surface area contributed by atoms with Crippen LogP contribution in [0.15, 0.2) is 41.6 Å². The molecule has 5 heteroatoms. The summed E-state index contributed by atoms with van der Waals surface area (Å²) in [6, 6.07) is 7.85. The normalized spacial score (nSPS) is 22.5. The first-order valence-electron chi connectivity index (χ1n) is 6.56. The summed E-state index contributed by atoms with van der Waals surface area (Å²) in [5.41, 5.74) is 2.63. The van der Waals surface area contributed by atoms with Crippen molar-refractivity contribution in [3.8, 4) is 0 Å². The molecule has 3 rings (SSSR count). The molecule has 1 aromatic heterocycles. The molecule has 0 radical (unpaired) electrons. The maximum Gasteiger partial charge on any atom is 0.113 e. The number of allylic oxidation sites excluding steroid dienone is 2. The number of oxime groups is 1. The van der Waals surface area contributed by atoms with Gasteiger partial charge < -0.3 is 5.21 Å². The zero-order chi connectivity index (χ0) is 13.1. The van der Waals surface area contributed by atoms with E-state index in [2.05, 4.69) is 27.6 Å². The molecule has 1 aliphatic rings. The maximum atomic E-state index is 9.25. The first-order valence-corrected chi connectivity index (χ1v) is 6.56. The van der Waals surface area contributed by atoms with Gasteiger partial charge in [0.15, 0.2) is 0 Å². The molecule has 2 aromatic rings. The van der Waals surface area contributed by atoms with Crippen molar-refractivity contribution in [2.45, 2.75) is 31.7 Å². The summed E-state index contributed by atoms with van der Waals surface area (Å²) < 4.78 is 1.88. The Balaban J connectivity index is 2.04. The van der Waals surface area contributed by atoms with Gasteiger partial charge in [0.05, 0.1) is 17.3 Å². The molecule has 1 aliphatic carbocycles. The topological polar surface area (TPSA) is 63.3 Å². The second-order valence-electron chi connectivity index (χ2n) is 4.72. The lowest BCUT2D eigenvalue weighted by molar-refractivity contribution is 0.311. The number of aromatic nitrogens is 3. The largest absolute Gasteiger partial charge is 0.411 e. The molecule has 1 heterocycles. The smallest absolute Gasteiger partial charge is 0.113 e. The number of benzene rings is 1. The quantitative estimate of drug-likeness (QED) is 0.484. The molecule has 0 fully saturated rings. The third kappa shape index (κ3) is 2.23. The molecule has 0 saturated heterocycles. The summed E-state index contributed by atoms with van der Waals surface area (Å²) >= 11 is 0. The third-order valence-electron chi connectivity index (χ3n) is 3.53. The van der Waals surface area contributed by atoms with E-state index >= 15 is 0 Å². The Kier molecular flexibility index (Phi) is 3.27. The number of para-hydroxylation sites is 1. The van der Waals surface area contributed by atoms with Crippen molar-refractivity contribution in [3.63, 3.8) is 0 Å². The van der Waals surface area contributed by atoms with Gasteiger partial charge in [-0.05, 0) is 37.8 Å². The van der Waals surface area contributed by atoms with Gasteiger partial charge in [0.1, 0.15) is 5.52 Å². The van der Waals surface area contributed by atoms with Crippen molar-refractivity contribution in [1.29, 1.82) is 0 Å². The van der Waals surface area contributed by atoms with Gasteiger partial charge in [0, 0.05) is 0 Å². The second-order valence-corrected chi connectivity index (χ2v) is 4.72. The highest BCUT2D eigenvalue weighted by Gasteiger charge is 2.22. The van der Waals surface area contributed by atoms with Gasteiger partial charge in [-0.15, -0.1) is 5.10 Å². The van der Waals surface area contributed by atoms with Crippen LogP contribution < -0.4 is 0 Å². The average Bonchev–Trinajstić information content (AvgIpc) is 2.83. The Morgan fingerprint density at radius 1 is 1.21 bits per heavy atom. The third-order valence-corrected chi connectivity index (χ3v) is 3.53. The lowest BCUT2D eigenvalue weighted by Gasteiger charge is -2.19. The first kappa shape index (κ1) is 11.9. The summed E-state index contributed by atoms with van der Waals surface area (Å²) in [4.78, 5) is 0. The van der Waals surface area contributed by atoms with Gasteiger partial charge in [-0.25, -0.2) is 4.68 Å². The number of hydrogen-bond acceptors (Lipinski definition) is 4. The molecular weight excluding hydrogens is 240 g/mol. The minimum Gasteiger partial charge on any atom is -0.411 e. The van der Waals surface area contributed by atoms with Crippen LogP contribution in [0.25, 0.3) is 11.0 Å². The van der Waals surface area contributed by atoms with E-state index in [1.165, 1.54) is 0 Å². The van der Waals surface area contributed by atoms with E-state index in [1.54, 1.807) is 0 Å². The van der Waals surface area contributed by atoms with Crippen molar-refractivity contribution < 1.29 is 5.21 Å². The molecule has 0 aliphatic heterocycles. The zero-order valence-electron chi connectivity index (χ0n) is 10.6. The summed E-state index contributed by atoms with van der Waals surface area (Å²) in [6.07, 6.45) is 7.82. The van der Waals surface area contributed by atoms with Crippen LogP contribution in [0.4, 0.5) is 0 Å². The predicted octanol–water partition coefficient (Wildman–Crippen LogP) is 2.93. The fourth-order valence-electron chi connectivity index (χ4n) is 2.55. The molecule has 1 N–H and O–H groups in total. The van der Waals surface area contributed by atoms with Crippen molar-refractivity contribution in [3.05, 3.63) is 36.4 Å². The van der Waals surface area contributed by atoms with Crippen LogP contribution in [0.1, 0.15) is 31.7 Å². The number of fused-ring (bicyclic) bond motifs is 1. The number of rotatable bonds is 1. The highest BCUT2D eigenvalue weighted by molar-refractivity contribution is 5.89. The average molecular weight is 256 g/mol. The van der Waals surface area contributed by atoms with Gasteiger partial charge in [-0.3, -0.25) is 0 Å². The molecule has 1 aromatic carbocycles. The molecule has 0 amide bonds. The van der Waals surface area contributed by atoms with E-state index in [4.69, 9.17) is 0 Å². The van der Waals surface area contributed by atoms with Gasteiger partial charge in [0.2, 0.25) is 0 Å². The molecular formula is C14H16N4O. The van der Waals surface area contributed by atoms with Crippen LogP contribution in [0.5, 0.6) is 0 Å². The molecule has 0 bridgehead atoms. The van der Waals surface area contributed by atoms with E-state index in [1.807, 2.05) is 28.9 Å². The van der Waals surface area contributed by atoms with Crippen molar-refractivity contribution in [1.82, 2.24) is 15.0 Å². The minimum absolute atomic E-state index is 0.0117. The van der Waals surface area contributed by atoms with Crippen LogP contribution in [-0.2, 0) is 0 Å². The van der Waals surface area contributed by atoms with Crippen LogP contribution in [-0.4, -0.2) is 25.9 Å². The van der Waals surface area contributed by atoms with Gasteiger partial charge in [-0.2, -0.15) is 0 Å². The second kappa shape index (κ2) is 5.22. The summed E-state index contributed by atoms with van der Waals surface area (Å²) in [7, 11) is 0. The van der Waals surface area contributed by atoms with E-state index < -0.39 is 0 Å². The van der Waals surface area contributed by atoms with E-state index in [-0.39, 0.29) is 6.04 Å². The molecule has 1 atom stereocenters. The van der Waals surface area contributed by atoms with Gasteiger partial charge in [-0.1, -0.05) is 34.7 Å². The Hall–Kier alpha value is -2.17. The molecule has 19 heavy (non-hydrogen) atoms. The predicted molar refractivity (Wildman–Crippen MR) is 73.4 cm³/mol. The summed E-state index contributed by atoms with van der Waals surface area (Å²) in [5, 5.41) is 21.2. The minimum atomic E-state index is -0.0117. The molecule has 0 unspecified atom stereocenters. The van der Waals surface area contributed by atoms with E-state index in [0.717, 1.165) is 42.4 Å². The van der Waals surface area contributed by atoms with Gasteiger partial charge >= 0.3 is 0 Å². The zero-order valence-corrected chi connectivity index (χ0v) is 10.6. The summed E-state index contributed by atoms with van der Waals surface area (Å²) in [6.45, 7) is 0. The Bertz CT molecular complexity index is 629. The maximum absolute atomic E-state index is 9.25. The van der Waals surface area contributed by atoms with Gasteiger partial charge in [0.25, 0.3) is 0 Å². The van der Waals surface area contributed by atoms with E-state index in [0.29, 0.717) is 0 Å². The summed E-state index contributed by atoms with van der Waals surface area (Å²) in [5.74, 6) is 0.